The predicted octanol–water partition coefficient (Wildman–Crippen LogP) is 6.71. The van der Waals surface area contributed by atoms with E-state index in [4.69, 9.17) is 0 Å². The van der Waals surface area contributed by atoms with Crippen LogP contribution < -0.4 is 10.6 Å². The molecule has 2 heteroatoms. The van der Waals surface area contributed by atoms with Gasteiger partial charge in [-0.25, -0.2) is 0 Å². The molecule has 31 heavy (non-hydrogen) atoms. The van der Waals surface area contributed by atoms with E-state index in [1.807, 2.05) is 0 Å². The van der Waals surface area contributed by atoms with Gasteiger partial charge in [0, 0.05) is 17.0 Å². The number of allylic oxidation sites excluding steroid dienone is 8. The van der Waals surface area contributed by atoms with E-state index < -0.39 is 7.92 Å². The smallest absolute Gasteiger partial charge is 0.0170 e. The fourth-order valence-corrected chi connectivity index (χ4v) is 10.4. The van der Waals surface area contributed by atoms with Crippen LogP contribution in [0.25, 0.3) is 0 Å². The molecule has 0 aromatic heterocycles. The van der Waals surface area contributed by atoms with Crippen molar-refractivity contribution >= 4 is 26.5 Å². The maximum atomic E-state index is 2.44. The number of hydrogen-bond donors (Lipinski definition) is 0. The van der Waals surface area contributed by atoms with Crippen LogP contribution in [0.3, 0.4) is 0 Å². The minimum atomic E-state index is -0.490. The molecule has 0 unspecified atom stereocenters. The van der Waals surface area contributed by atoms with E-state index in [-0.39, 0.29) is 7.92 Å². The lowest BCUT2D eigenvalue weighted by Gasteiger charge is -2.39. The number of benzene rings is 2. The highest BCUT2D eigenvalue weighted by Crippen LogP contribution is 2.67. The lowest BCUT2D eigenvalue weighted by atomic mass is 10.0. The Morgan fingerprint density at radius 3 is 1.61 bits per heavy atom. The molecule has 0 nitrogen and oxygen atoms in total. The van der Waals surface area contributed by atoms with E-state index in [0.29, 0.717) is 17.0 Å². The summed E-state index contributed by atoms with van der Waals surface area (Å²) in [5.41, 5.74) is 3.06. The molecule has 153 valence electrons. The number of hydrogen-bond acceptors (Lipinski definition) is 0. The highest BCUT2D eigenvalue weighted by atomic mass is 31.1. The fourth-order valence-electron chi connectivity index (χ4n) is 4.66. The summed E-state index contributed by atoms with van der Waals surface area (Å²) in [5.74, 6) is 1.53. The summed E-state index contributed by atoms with van der Waals surface area (Å²) < 4.78 is 0. The molecule has 3 aliphatic carbocycles. The Bertz CT molecular complexity index is 881. The first kappa shape index (κ1) is 21.1. The van der Waals surface area contributed by atoms with Gasteiger partial charge in [0.25, 0.3) is 0 Å². The molecule has 0 amide bonds. The highest BCUT2D eigenvalue weighted by molar-refractivity contribution is 7.74. The summed E-state index contributed by atoms with van der Waals surface area (Å²) in [6.45, 7) is 2.44. The molecule has 5 radical (unpaired) electrons. The lowest BCUT2D eigenvalue weighted by molar-refractivity contribution is 0.993. The van der Waals surface area contributed by atoms with Gasteiger partial charge in [-0.05, 0) is 49.4 Å². The second-order valence-corrected chi connectivity index (χ2v) is 13.0. The van der Waals surface area contributed by atoms with Gasteiger partial charge in [0.05, 0.1) is 0 Å². The van der Waals surface area contributed by atoms with Crippen molar-refractivity contribution in [3.8, 4) is 0 Å². The molecule has 0 N–H and O–H groups in total. The Kier molecular flexibility index (Phi) is 6.69. The van der Waals surface area contributed by atoms with Crippen LogP contribution in [-0.2, 0) is 0 Å². The largest absolute Gasteiger partial charge is 0.0764 e. The fraction of sp³-hybridized carbons (Fsp3) is 0.138. The van der Waals surface area contributed by atoms with Crippen LogP contribution in [0.15, 0.2) is 109 Å². The lowest BCUT2D eigenvalue weighted by Crippen LogP contribution is -2.27. The van der Waals surface area contributed by atoms with Crippen LogP contribution in [0, 0.1) is 30.8 Å². The first-order chi connectivity index (χ1) is 15.3. The van der Waals surface area contributed by atoms with Crippen molar-refractivity contribution in [3.05, 3.63) is 140 Å². The average Bonchev–Trinajstić information content (AvgIpc) is 3.60. The first-order valence-corrected chi connectivity index (χ1v) is 13.9. The molecule has 0 heterocycles. The monoisotopic (exact) mass is 437 g/mol. The van der Waals surface area contributed by atoms with Gasteiger partial charge in [0.1, 0.15) is 0 Å². The summed E-state index contributed by atoms with van der Waals surface area (Å²) in [4.78, 5) is 0. The second-order valence-electron chi connectivity index (χ2n) is 8.01. The normalized spacial score (nSPS) is 20.7. The van der Waals surface area contributed by atoms with Crippen LogP contribution >= 0.6 is 15.8 Å². The van der Waals surface area contributed by atoms with E-state index in [1.54, 1.807) is 5.66 Å². The SMILES string of the molecule is C[C@H]([C]1[CH][CH][CH][C]1P(C1C=CC=C1)C1C=CC=C1)P(c1ccccc1)c1ccccc1. The van der Waals surface area contributed by atoms with Gasteiger partial charge in [0.2, 0.25) is 0 Å². The van der Waals surface area contributed by atoms with Crippen molar-refractivity contribution < 1.29 is 0 Å². The van der Waals surface area contributed by atoms with Crippen molar-refractivity contribution in [1.82, 2.24) is 0 Å². The zero-order valence-corrected chi connectivity index (χ0v) is 19.5. The molecule has 1 fully saturated rings. The third-order valence-electron chi connectivity index (χ3n) is 6.11. The van der Waals surface area contributed by atoms with Gasteiger partial charge in [-0.1, -0.05) is 124 Å². The van der Waals surface area contributed by atoms with Gasteiger partial charge in [0.15, 0.2) is 0 Å². The second kappa shape index (κ2) is 9.81. The van der Waals surface area contributed by atoms with E-state index >= 15 is 0 Å². The summed E-state index contributed by atoms with van der Waals surface area (Å²) in [6.07, 6.45) is 25.5. The molecule has 5 rings (SSSR count). The average molecular weight is 437 g/mol. The molecule has 2 aromatic carbocycles. The van der Waals surface area contributed by atoms with Crippen LogP contribution in [0.5, 0.6) is 0 Å². The Balaban J connectivity index is 1.49. The molecule has 0 spiro atoms. The Labute approximate surface area is 190 Å². The summed E-state index contributed by atoms with van der Waals surface area (Å²) in [6, 6.07) is 22.2. The molecule has 0 bridgehead atoms. The molecular weight excluding hydrogens is 410 g/mol. The zero-order chi connectivity index (χ0) is 21.0. The Morgan fingerprint density at radius 1 is 0.645 bits per heavy atom. The number of rotatable bonds is 7. The topological polar surface area (TPSA) is 0 Å². The molecular formula is C29H27P2. The zero-order valence-electron chi connectivity index (χ0n) is 17.8. The van der Waals surface area contributed by atoms with Gasteiger partial charge in [-0.2, -0.15) is 0 Å². The summed E-state index contributed by atoms with van der Waals surface area (Å²) in [7, 11) is -0.863. The Morgan fingerprint density at radius 2 is 1.13 bits per heavy atom. The molecule has 0 aliphatic heterocycles. The van der Waals surface area contributed by atoms with Gasteiger partial charge >= 0.3 is 0 Å². The quantitative estimate of drug-likeness (QED) is 0.422. The highest BCUT2D eigenvalue weighted by Gasteiger charge is 2.44. The summed E-state index contributed by atoms with van der Waals surface area (Å²) in [5, 5.41) is 2.91. The van der Waals surface area contributed by atoms with Gasteiger partial charge in [-0.3, -0.25) is 0 Å². The third kappa shape index (κ3) is 4.44. The van der Waals surface area contributed by atoms with E-state index in [2.05, 4.69) is 135 Å². The van der Waals surface area contributed by atoms with Crippen molar-refractivity contribution in [2.24, 2.45) is 0 Å². The van der Waals surface area contributed by atoms with Crippen molar-refractivity contribution in [2.75, 3.05) is 0 Å². The maximum Gasteiger partial charge on any atom is 0.0170 e. The van der Waals surface area contributed by atoms with E-state index in [0.717, 1.165) is 0 Å². The van der Waals surface area contributed by atoms with Gasteiger partial charge < -0.3 is 0 Å². The van der Waals surface area contributed by atoms with Crippen LogP contribution in [0.1, 0.15) is 6.92 Å². The van der Waals surface area contributed by atoms with E-state index in [9.17, 15) is 0 Å². The van der Waals surface area contributed by atoms with E-state index in [1.165, 1.54) is 16.5 Å². The minimum absolute atomic E-state index is 0.374. The predicted molar refractivity (Wildman–Crippen MR) is 139 cm³/mol. The molecule has 1 saturated carbocycles. The molecule has 1 atom stereocenters. The Hall–Kier alpha value is -1.74. The van der Waals surface area contributed by atoms with Crippen LogP contribution in [0.4, 0.5) is 0 Å². The first-order valence-electron chi connectivity index (χ1n) is 11.0. The molecule has 3 aliphatic rings. The van der Waals surface area contributed by atoms with Crippen LogP contribution in [0.2, 0.25) is 0 Å². The minimum Gasteiger partial charge on any atom is -0.0764 e. The van der Waals surface area contributed by atoms with Crippen molar-refractivity contribution in [2.45, 2.75) is 23.9 Å². The van der Waals surface area contributed by atoms with Crippen LogP contribution in [-0.4, -0.2) is 17.0 Å². The van der Waals surface area contributed by atoms with Crippen molar-refractivity contribution in [3.63, 3.8) is 0 Å². The van der Waals surface area contributed by atoms with Gasteiger partial charge in [-0.15, -0.1) is 0 Å². The standard InChI is InChI=1S/C29H27P2/c1-23(30(24-13-4-2-5-14-24)25-15-6-3-7-16-25)28-21-12-22-29(28)31(26-17-8-9-18-26)27-19-10-11-20-27/h2-23,26-27H,1H3/t23-/m1/s1. The van der Waals surface area contributed by atoms with Crippen molar-refractivity contribution in [1.29, 1.82) is 0 Å². The molecule has 0 saturated heterocycles. The maximum absolute atomic E-state index is 2.44. The molecule has 2 aromatic rings. The third-order valence-corrected chi connectivity index (χ3v) is 11.8. The summed E-state index contributed by atoms with van der Waals surface area (Å²) >= 11 is 0.